The molecule has 0 aliphatic carbocycles. The van der Waals surface area contributed by atoms with E-state index in [-0.39, 0.29) is 60.4 Å². The molecule has 0 unspecified atom stereocenters. The second kappa shape index (κ2) is 10.9. The van der Waals surface area contributed by atoms with Crippen LogP contribution in [0.2, 0.25) is 0 Å². The first-order valence-electron chi connectivity index (χ1n) is 10.5. The van der Waals surface area contributed by atoms with Crippen LogP contribution in [0.5, 0.6) is 17.2 Å². The predicted molar refractivity (Wildman–Crippen MR) is 126 cm³/mol. The van der Waals surface area contributed by atoms with Crippen LogP contribution in [0, 0.1) is 0 Å². The normalized spacial score (nSPS) is 11.7. The van der Waals surface area contributed by atoms with Gasteiger partial charge in [-0.15, -0.1) is 0 Å². The highest BCUT2D eigenvalue weighted by atomic mass is 32.2. The third-order valence-electron chi connectivity index (χ3n) is 5.38. The molecule has 0 spiro atoms. The zero-order valence-electron chi connectivity index (χ0n) is 19.2. The molecule has 10 nitrogen and oxygen atoms in total. The van der Waals surface area contributed by atoms with E-state index in [1.807, 2.05) is 0 Å². The molecule has 3 rings (SSSR count). The van der Waals surface area contributed by atoms with Gasteiger partial charge in [0, 0.05) is 31.2 Å². The van der Waals surface area contributed by atoms with E-state index in [9.17, 15) is 23.4 Å². The summed E-state index contributed by atoms with van der Waals surface area (Å²) in [5.41, 5.74) is -0.355. The lowest BCUT2D eigenvalue weighted by atomic mass is 10.0. The van der Waals surface area contributed by atoms with Gasteiger partial charge in [0.05, 0.1) is 44.8 Å². The van der Waals surface area contributed by atoms with Crippen LogP contribution >= 0.6 is 0 Å². The highest BCUT2D eigenvalue weighted by Gasteiger charge is 2.26. The number of hydrogen-bond acceptors (Lipinski definition) is 9. The topological polar surface area (TPSA) is 128 Å². The van der Waals surface area contributed by atoms with Crippen molar-refractivity contribution in [1.82, 2.24) is 8.87 Å². The average Bonchev–Trinajstić information content (AvgIpc) is 2.85. The number of ether oxygens (including phenoxy) is 3. The minimum absolute atomic E-state index is 0.0441. The van der Waals surface area contributed by atoms with Crippen molar-refractivity contribution in [2.45, 2.75) is 11.4 Å². The Kier molecular flexibility index (Phi) is 8.15. The number of pyridine rings is 1. The van der Waals surface area contributed by atoms with Crippen molar-refractivity contribution < 1.29 is 32.8 Å². The standard InChI is InChI=1S/C23H28N2O8S/c1-31-19-13-18-20(22(33-3)21(19)32-2)16(14-24(9-11-26)10-12-27)15-25(23(18)28)34(29,30)17-7-5-4-6-8-17/h4-8,13,15,26-27H,9-12,14H2,1-3H3. The lowest BCUT2D eigenvalue weighted by Gasteiger charge is -2.23. The molecule has 0 aliphatic rings. The van der Waals surface area contributed by atoms with Crippen LogP contribution in [-0.4, -0.2) is 75.1 Å². The Morgan fingerprint density at radius 1 is 0.941 bits per heavy atom. The van der Waals surface area contributed by atoms with Crippen molar-refractivity contribution >= 4 is 20.8 Å². The molecule has 1 heterocycles. The number of aliphatic hydroxyl groups is 2. The van der Waals surface area contributed by atoms with Crippen LogP contribution in [0.3, 0.4) is 0 Å². The highest BCUT2D eigenvalue weighted by molar-refractivity contribution is 7.90. The molecular weight excluding hydrogens is 464 g/mol. The van der Waals surface area contributed by atoms with Crippen molar-refractivity contribution in [2.75, 3.05) is 47.6 Å². The molecule has 0 amide bonds. The zero-order chi connectivity index (χ0) is 24.9. The molecule has 2 N–H and O–H groups in total. The van der Waals surface area contributed by atoms with Crippen LogP contribution in [0.4, 0.5) is 0 Å². The van der Waals surface area contributed by atoms with E-state index in [0.717, 1.165) is 0 Å². The monoisotopic (exact) mass is 492 g/mol. The molecule has 184 valence electrons. The van der Waals surface area contributed by atoms with Crippen molar-refractivity contribution in [1.29, 1.82) is 0 Å². The summed E-state index contributed by atoms with van der Waals surface area (Å²) in [7, 11) is 0.0105. The summed E-state index contributed by atoms with van der Waals surface area (Å²) in [5, 5.41) is 19.3. The van der Waals surface area contributed by atoms with Gasteiger partial charge in [0.1, 0.15) is 0 Å². The van der Waals surface area contributed by atoms with E-state index < -0.39 is 15.6 Å². The molecule has 2 aromatic carbocycles. The Balaban J connectivity index is 2.42. The molecule has 0 aliphatic heterocycles. The van der Waals surface area contributed by atoms with E-state index in [4.69, 9.17) is 14.2 Å². The van der Waals surface area contributed by atoms with Crippen LogP contribution in [0.15, 0.2) is 52.3 Å². The number of aliphatic hydroxyl groups excluding tert-OH is 2. The van der Waals surface area contributed by atoms with Crippen LogP contribution in [0.1, 0.15) is 5.56 Å². The van der Waals surface area contributed by atoms with Gasteiger partial charge in [0.25, 0.3) is 15.6 Å². The van der Waals surface area contributed by atoms with Crippen molar-refractivity contribution in [3.05, 3.63) is 58.5 Å². The van der Waals surface area contributed by atoms with Gasteiger partial charge in [0.15, 0.2) is 11.5 Å². The third-order valence-corrected chi connectivity index (χ3v) is 7.04. The van der Waals surface area contributed by atoms with Gasteiger partial charge in [-0.25, -0.2) is 12.4 Å². The quantitative estimate of drug-likeness (QED) is 0.404. The minimum Gasteiger partial charge on any atom is -0.493 e. The molecule has 11 heteroatoms. The third kappa shape index (κ3) is 4.73. The number of methoxy groups -OCH3 is 3. The molecule has 1 aromatic heterocycles. The Labute approximate surface area is 197 Å². The van der Waals surface area contributed by atoms with Gasteiger partial charge in [-0.1, -0.05) is 18.2 Å². The molecule has 0 fully saturated rings. The summed E-state index contributed by atoms with van der Waals surface area (Å²) in [6.07, 6.45) is 1.25. The summed E-state index contributed by atoms with van der Waals surface area (Å²) < 4.78 is 43.9. The molecule has 0 saturated carbocycles. The summed E-state index contributed by atoms with van der Waals surface area (Å²) >= 11 is 0. The number of rotatable bonds is 11. The number of hydrogen-bond donors (Lipinski definition) is 2. The molecule has 0 radical (unpaired) electrons. The first-order chi connectivity index (χ1) is 16.3. The Bertz CT molecular complexity index is 1300. The van der Waals surface area contributed by atoms with Gasteiger partial charge >= 0.3 is 0 Å². The van der Waals surface area contributed by atoms with E-state index in [0.29, 0.717) is 14.9 Å². The molecule has 0 bridgehead atoms. The fourth-order valence-corrected chi connectivity index (χ4v) is 5.14. The van der Waals surface area contributed by atoms with Gasteiger partial charge < -0.3 is 24.4 Å². The fraction of sp³-hybridized carbons (Fsp3) is 0.348. The molecular formula is C23H28N2O8S. The molecule has 0 saturated heterocycles. The lowest BCUT2D eigenvalue weighted by Crippen LogP contribution is -2.32. The first kappa shape index (κ1) is 25.5. The zero-order valence-corrected chi connectivity index (χ0v) is 20.0. The molecule has 3 aromatic rings. The second-order valence-electron chi connectivity index (χ2n) is 7.36. The van der Waals surface area contributed by atoms with E-state index >= 15 is 0 Å². The van der Waals surface area contributed by atoms with Gasteiger partial charge in [-0.2, -0.15) is 0 Å². The summed E-state index contributed by atoms with van der Waals surface area (Å²) in [6.45, 7) is 0.223. The number of benzene rings is 2. The SMILES string of the molecule is COc1cc2c(=O)n(S(=O)(=O)c3ccccc3)cc(CN(CCO)CCO)c2c(OC)c1OC. The highest BCUT2D eigenvalue weighted by Crippen LogP contribution is 2.44. The largest absolute Gasteiger partial charge is 0.493 e. The average molecular weight is 493 g/mol. The Morgan fingerprint density at radius 3 is 2.09 bits per heavy atom. The minimum atomic E-state index is -4.22. The number of nitrogens with zero attached hydrogens (tertiary/aromatic N) is 2. The maximum Gasteiger partial charge on any atom is 0.272 e. The summed E-state index contributed by atoms with van der Waals surface area (Å²) in [6, 6.07) is 9.05. The van der Waals surface area contributed by atoms with Gasteiger partial charge in [-0.05, 0) is 23.8 Å². The first-order valence-corrected chi connectivity index (χ1v) is 11.9. The van der Waals surface area contributed by atoms with Crippen LogP contribution < -0.4 is 19.8 Å². The summed E-state index contributed by atoms with van der Waals surface area (Å²) in [4.78, 5) is 15.2. The van der Waals surface area contributed by atoms with Crippen molar-refractivity contribution in [2.24, 2.45) is 0 Å². The maximum absolute atomic E-state index is 13.5. The molecule has 0 atom stereocenters. The smallest absolute Gasteiger partial charge is 0.272 e. The number of aromatic nitrogens is 1. The Morgan fingerprint density at radius 2 is 1.56 bits per heavy atom. The maximum atomic E-state index is 13.5. The van der Waals surface area contributed by atoms with Gasteiger partial charge in [0.2, 0.25) is 5.75 Å². The fourth-order valence-electron chi connectivity index (χ4n) is 3.83. The lowest BCUT2D eigenvalue weighted by molar-refractivity contribution is 0.156. The van der Waals surface area contributed by atoms with E-state index in [1.54, 1.807) is 23.1 Å². The number of fused-ring (bicyclic) bond motifs is 1. The van der Waals surface area contributed by atoms with E-state index in [2.05, 4.69) is 0 Å². The van der Waals surface area contributed by atoms with E-state index in [1.165, 1.54) is 45.7 Å². The molecule has 34 heavy (non-hydrogen) atoms. The van der Waals surface area contributed by atoms with Crippen molar-refractivity contribution in [3.63, 3.8) is 0 Å². The summed E-state index contributed by atoms with van der Waals surface area (Å²) in [5.74, 6) is 0.658. The van der Waals surface area contributed by atoms with Crippen LogP contribution in [0.25, 0.3) is 10.8 Å². The Hall–Kier alpha value is -3.12. The predicted octanol–water partition coefficient (Wildman–Crippen LogP) is 1.05. The van der Waals surface area contributed by atoms with Crippen molar-refractivity contribution in [3.8, 4) is 17.2 Å². The van der Waals surface area contributed by atoms with Crippen LogP contribution in [-0.2, 0) is 16.6 Å². The second-order valence-corrected chi connectivity index (χ2v) is 9.18. The van der Waals surface area contributed by atoms with Gasteiger partial charge in [-0.3, -0.25) is 9.69 Å².